The minimum atomic E-state index is -0.156. The fraction of sp³-hybridized carbons (Fsp3) is 0.300. The van der Waals surface area contributed by atoms with Crippen molar-refractivity contribution in [2.75, 3.05) is 6.61 Å². The molecule has 1 atom stereocenters. The number of ether oxygens (including phenoxy) is 1. The lowest BCUT2D eigenvalue weighted by molar-refractivity contribution is 0.296. The third-order valence-electron chi connectivity index (χ3n) is 1.58. The van der Waals surface area contributed by atoms with E-state index in [1.165, 1.54) is 6.08 Å². The SMILES string of the molecule is CC(COc1ccc(Br)cc1)N=C=O. The van der Waals surface area contributed by atoms with Crippen LogP contribution in [0.25, 0.3) is 0 Å². The van der Waals surface area contributed by atoms with E-state index in [1.54, 1.807) is 6.92 Å². The third kappa shape index (κ3) is 3.73. The van der Waals surface area contributed by atoms with E-state index in [0.717, 1.165) is 10.2 Å². The molecule has 0 heterocycles. The molecule has 1 rings (SSSR count). The van der Waals surface area contributed by atoms with Crippen LogP contribution < -0.4 is 4.74 Å². The molecule has 1 aromatic carbocycles. The van der Waals surface area contributed by atoms with Gasteiger partial charge >= 0.3 is 0 Å². The van der Waals surface area contributed by atoms with E-state index in [9.17, 15) is 4.79 Å². The highest BCUT2D eigenvalue weighted by molar-refractivity contribution is 9.10. The van der Waals surface area contributed by atoms with E-state index in [0.29, 0.717) is 6.61 Å². The number of carbonyl (C=O) groups excluding carboxylic acids is 1. The fourth-order valence-corrected chi connectivity index (χ4v) is 1.14. The Bertz CT molecular complexity index is 330. The molecular formula is C10H10BrNO2. The second-order valence-electron chi connectivity index (χ2n) is 2.83. The molecule has 3 nitrogen and oxygen atoms in total. The molecule has 0 N–H and O–H groups in total. The van der Waals surface area contributed by atoms with Gasteiger partial charge in [0, 0.05) is 4.47 Å². The maximum absolute atomic E-state index is 9.92. The van der Waals surface area contributed by atoms with Gasteiger partial charge in [-0.3, -0.25) is 0 Å². The third-order valence-corrected chi connectivity index (χ3v) is 2.11. The van der Waals surface area contributed by atoms with Crippen molar-refractivity contribution in [3.8, 4) is 5.75 Å². The zero-order chi connectivity index (χ0) is 10.4. The first kappa shape index (κ1) is 11.0. The van der Waals surface area contributed by atoms with E-state index in [2.05, 4.69) is 20.9 Å². The molecule has 0 aliphatic rings. The number of nitrogens with zero attached hydrogens (tertiary/aromatic N) is 1. The molecule has 0 amide bonds. The molecule has 0 spiro atoms. The number of isocyanates is 1. The van der Waals surface area contributed by atoms with E-state index in [4.69, 9.17) is 4.74 Å². The largest absolute Gasteiger partial charge is 0.491 e. The second kappa shape index (κ2) is 5.58. The number of benzene rings is 1. The van der Waals surface area contributed by atoms with Crippen LogP contribution in [0, 0.1) is 0 Å². The summed E-state index contributed by atoms with van der Waals surface area (Å²) in [5.41, 5.74) is 0. The van der Waals surface area contributed by atoms with Gasteiger partial charge in [0.1, 0.15) is 12.4 Å². The van der Waals surface area contributed by atoms with Gasteiger partial charge in [-0.05, 0) is 31.2 Å². The van der Waals surface area contributed by atoms with Crippen LogP contribution in [-0.4, -0.2) is 18.7 Å². The number of rotatable bonds is 4. The lowest BCUT2D eigenvalue weighted by Gasteiger charge is -2.07. The summed E-state index contributed by atoms with van der Waals surface area (Å²) in [7, 11) is 0. The van der Waals surface area contributed by atoms with E-state index >= 15 is 0 Å². The highest BCUT2D eigenvalue weighted by Crippen LogP contribution is 2.16. The molecule has 0 aliphatic heterocycles. The lowest BCUT2D eigenvalue weighted by atomic mass is 10.3. The summed E-state index contributed by atoms with van der Waals surface area (Å²) in [5.74, 6) is 0.765. The van der Waals surface area contributed by atoms with Crippen LogP contribution in [0.15, 0.2) is 33.7 Å². The second-order valence-corrected chi connectivity index (χ2v) is 3.75. The Hall–Kier alpha value is -1.12. The first-order valence-corrected chi connectivity index (χ1v) is 4.97. The van der Waals surface area contributed by atoms with Gasteiger partial charge in [-0.1, -0.05) is 15.9 Å². The molecular weight excluding hydrogens is 246 g/mol. The van der Waals surface area contributed by atoms with Gasteiger partial charge < -0.3 is 4.74 Å². The lowest BCUT2D eigenvalue weighted by Crippen LogP contribution is -2.11. The van der Waals surface area contributed by atoms with Crippen molar-refractivity contribution in [3.63, 3.8) is 0 Å². The van der Waals surface area contributed by atoms with Crippen molar-refractivity contribution >= 4 is 22.0 Å². The van der Waals surface area contributed by atoms with Gasteiger partial charge in [-0.25, -0.2) is 4.79 Å². The van der Waals surface area contributed by atoms with Crippen molar-refractivity contribution in [2.45, 2.75) is 13.0 Å². The molecule has 0 aliphatic carbocycles. The number of hydrogen-bond acceptors (Lipinski definition) is 3. The highest BCUT2D eigenvalue weighted by Gasteiger charge is 1.99. The molecule has 1 aromatic rings. The molecule has 14 heavy (non-hydrogen) atoms. The Morgan fingerprint density at radius 1 is 1.50 bits per heavy atom. The fourth-order valence-electron chi connectivity index (χ4n) is 0.875. The maximum Gasteiger partial charge on any atom is 0.235 e. The summed E-state index contributed by atoms with van der Waals surface area (Å²) in [4.78, 5) is 13.4. The van der Waals surface area contributed by atoms with E-state index < -0.39 is 0 Å². The Labute approximate surface area is 90.9 Å². The molecule has 74 valence electrons. The first-order valence-electron chi connectivity index (χ1n) is 4.17. The molecule has 0 radical (unpaired) electrons. The molecule has 0 saturated heterocycles. The van der Waals surface area contributed by atoms with Gasteiger partial charge in [0.25, 0.3) is 0 Å². The molecule has 4 heteroatoms. The normalized spacial score (nSPS) is 11.6. The van der Waals surface area contributed by atoms with Crippen molar-refractivity contribution < 1.29 is 9.53 Å². The van der Waals surface area contributed by atoms with Gasteiger partial charge in [-0.2, -0.15) is 4.99 Å². The van der Waals surface area contributed by atoms with Crippen molar-refractivity contribution in [3.05, 3.63) is 28.7 Å². The summed E-state index contributed by atoms with van der Waals surface area (Å²) in [5, 5.41) is 0. The van der Waals surface area contributed by atoms with Crippen LogP contribution in [0.2, 0.25) is 0 Å². The predicted molar refractivity (Wildman–Crippen MR) is 57.2 cm³/mol. The summed E-state index contributed by atoms with van der Waals surface area (Å²) >= 11 is 3.32. The zero-order valence-electron chi connectivity index (χ0n) is 7.74. The Kier molecular flexibility index (Phi) is 4.36. The minimum Gasteiger partial charge on any atom is -0.491 e. The van der Waals surface area contributed by atoms with Crippen molar-refractivity contribution in [2.24, 2.45) is 4.99 Å². The number of halogens is 1. The summed E-state index contributed by atoms with van der Waals surface area (Å²) in [6.07, 6.45) is 1.50. The molecule has 0 fully saturated rings. The van der Waals surface area contributed by atoms with Gasteiger partial charge in [0.15, 0.2) is 0 Å². The molecule has 1 unspecified atom stereocenters. The Morgan fingerprint density at radius 3 is 2.71 bits per heavy atom. The van der Waals surface area contributed by atoms with Crippen LogP contribution in [0.3, 0.4) is 0 Å². The Balaban J connectivity index is 2.45. The number of hydrogen-bond donors (Lipinski definition) is 0. The van der Waals surface area contributed by atoms with Gasteiger partial charge in [0.05, 0.1) is 6.04 Å². The quantitative estimate of drug-likeness (QED) is 0.613. The van der Waals surface area contributed by atoms with Crippen molar-refractivity contribution in [1.82, 2.24) is 0 Å². The van der Waals surface area contributed by atoms with E-state index in [1.807, 2.05) is 24.3 Å². The van der Waals surface area contributed by atoms with E-state index in [-0.39, 0.29) is 6.04 Å². The first-order chi connectivity index (χ1) is 6.72. The minimum absolute atomic E-state index is 0.156. The van der Waals surface area contributed by atoms with Crippen LogP contribution >= 0.6 is 15.9 Å². The highest BCUT2D eigenvalue weighted by atomic mass is 79.9. The molecule has 0 saturated carbocycles. The van der Waals surface area contributed by atoms with Crippen LogP contribution in [0.1, 0.15) is 6.92 Å². The zero-order valence-corrected chi connectivity index (χ0v) is 9.32. The maximum atomic E-state index is 9.92. The number of aliphatic imine (C=N–C) groups is 1. The summed E-state index contributed by atoms with van der Waals surface area (Å²) in [6.45, 7) is 2.18. The van der Waals surface area contributed by atoms with Gasteiger partial charge in [0.2, 0.25) is 6.08 Å². The van der Waals surface area contributed by atoms with Gasteiger partial charge in [-0.15, -0.1) is 0 Å². The summed E-state index contributed by atoms with van der Waals surface area (Å²) < 4.78 is 6.39. The van der Waals surface area contributed by atoms with Crippen molar-refractivity contribution in [1.29, 1.82) is 0 Å². The topological polar surface area (TPSA) is 38.7 Å². The Morgan fingerprint density at radius 2 is 2.14 bits per heavy atom. The average Bonchev–Trinajstić information content (AvgIpc) is 2.17. The predicted octanol–water partition coefficient (Wildman–Crippen LogP) is 2.55. The summed E-state index contributed by atoms with van der Waals surface area (Å²) in [6, 6.07) is 7.32. The molecule has 0 bridgehead atoms. The smallest absolute Gasteiger partial charge is 0.235 e. The van der Waals surface area contributed by atoms with Crippen LogP contribution in [-0.2, 0) is 4.79 Å². The standard InChI is InChI=1S/C10H10BrNO2/c1-8(12-7-13)6-14-10-4-2-9(11)3-5-10/h2-5,8H,6H2,1H3. The molecule has 0 aromatic heterocycles. The monoisotopic (exact) mass is 255 g/mol. The van der Waals surface area contributed by atoms with Crippen LogP contribution in [0.4, 0.5) is 0 Å². The van der Waals surface area contributed by atoms with Crippen LogP contribution in [0.5, 0.6) is 5.75 Å². The average molecular weight is 256 g/mol.